The molecule has 0 aliphatic heterocycles. The average molecular weight is 558 g/mol. The van der Waals surface area contributed by atoms with Gasteiger partial charge in [0.05, 0.1) is 0 Å². The van der Waals surface area contributed by atoms with Crippen molar-refractivity contribution >= 4 is 35.7 Å². The van der Waals surface area contributed by atoms with Crippen LogP contribution in [-0.2, 0) is 51.1 Å². The van der Waals surface area contributed by atoms with Crippen LogP contribution in [0, 0.1) is 0 Å². The first kappa shape index (κ1) is 31.4. The second-order valence-electron chi connectivity index (χ2n) is 8.93. The number of carbonyl (C=O) groups excluding carboxylic acids is 6. The van der Waals surface area contributed by atoms with E-state index in [4.69, 9.17) is 15.2 Å². The van der Waals surface area contributed by atoms with Gasteiger partial charge in [-0.3, -0.25) is 14.4 Å². The molecule has 0 aromatic heterocycles. The Bertz CT molecular complexity index is 1230. The molecule has 214 valence electrons. The number of amides is 2. The van der Waals surface area contributed by atoms with Gasteiger partial charge in [-0.2, -0.15) is 0 Å². The van der Waals surface area contributed by atoms with E-state index in [1.54, 1.807) is 0 Å². The Hall–Kier alpha value is -4.78. The summed E-state index contributed by atoms with van der Waals surface area (Å²) in [6.07, 6.45) is -0.858. The molecule has 2 amide bonds. The molecule has 0 fully saturated rings. The zero-order chi connectivity index (χ0) is 29.8. The van der Waals surface area contributed by atoms with Crippen LogP contribution in [0.1, 0.15) is 37.8 Å². The molecule has 0 spiro atoms. The highest BCUT2D eigenvalue weighted by Crippen LogP contribution is 2.14. The molecule has 3 atom stereocenters. The molecule has 0 heterocycles. The van der Waals surface area contributed by atoms with E-state index in [9.17, 15) is 39.0 Å². The van der Waals surface area contributed by atoms with Crippen LogP contribution in [-0.4, -0.2) is 64.0 Å². The van der Waals surface area contributed by atoms with Crippen molar-refractivity contribution in [2.45, 2.75) is 57.7 Å². The van der Waals surface area contributed by atoms with E-state index in [0.717, 1.165) is 0 Å². The van der Waals surface area contributed by atoms with E-state index in [2.05, 4.69) is 10.6 Å². The van der Waals surface area contributed by atoms with Gasteiger partial charge >= 0.3 is 23.9 Å². The minimum atomic E-state index is -1.43. The molecule has 40 heavy (non-hydrogen) atoms. The predicted molar refractivity (Wildman–Crippen MR) is 138 cm³/mol. The molecule has 0 radical (unpaired) electrons. The minimum absolute atomic E-state index is 0.00626. The Kier molecular flexibility index (Phi) is 11.8. The average Bonchev–Trinajstić information content (AvgIpc) is 2.88. The lowest BCUT2D eigenvalue weighted by Crippen LogP contribution is -2.45. The number of hydrogen-bond acceptors (Lipinski definition) is 11. The molecule has 13 nitrogen and oxygen atoms in total. The van der Waals surface area contributed by atoms with E-state index in [1.165, 1.54) is 62.4 Å². The first-order chi connectivity index (χ1) is 18.8. The predicted octanol–water partition coefficient (Wildman–Crippen LogP) is 0.140. The van der Waals surface area contributed by atoms with E-state index in [1.807, 2.05) is 0 Å². The fourth-order valence-electron chi connectivity index (χ4n) is 3.48. The zero-order valence-electron chi connectivity index (χ0n) is 21.9. The molecule has 0 saturated heterocycles. The van der Waals surface area contributed by atoms with Crippen LogP contribution < -0.4 is 16.4 Å². The quantitative estimate of drug-likeness (QED) is 0.175. The summed E-state index contributed by atoms with van der Waals surface area (Å²) >= 11 is 0. The van der Waals surface area contributed by atoms with Gasteiger partial charge in [-0.05, 0) is 41.8 Å². The number of nitrogens with one attached hydrogen (secondary N) is 2. The summed E-state index contributed by atoms with van der Waals surface area (Å²) in [5.74, 6) is -5.36. The van der Waals surface area contributed by atoms with Crippen LogP contribution in [0.3, 0.4) is 0 Å². The lowest BCUT2D eigenvalue weighted by molar-refractivity contribution is -0.163. The van der Waals surface area contributed by atoms with Crippen molar-refractivity contribution in [1.82, 2.24) is 10.6 Å². The zero-order valence-corrected chi connectivity index (χ0v) is 21.9. The number of carbonyl (C=O) groups is 6. The summed E-state index contributed by atoms with van der Waals surface area (Å²) in [6, 6.07) is 7.85. The van der Waals surface area contributed by atoms with Crippen molar-refractivity contribution in [3.05, 3.63) is 59.7 Å². The monoisotopic (exact) mass is 557 g/mol. The van der Waals surface area contributed by atoms with Gasteiger partial charge in [-0.25, -0.2) is 14.4 Å². The summed E-state index contributed by atoms with van der Waals surface area (Å²) in [4.78, 5) is 72.6. The molecule has 0 bridgehead atoms. The first-order valence-electron chi connectivity index (χ1n) is 12.2. The van der Waals surface area contributed by atoms with Crippen molar-refractivity contribution in [3.63, 3.8) is 0 Å². The lowest BCUT2D eigenvalue weighted by Gasteiger charge is -2.18. The third kappa shape index (κ3) is 10.9. The standard InChI is InChI=1S/C27H31N3O10/c1-15(31)29-22(13-17-3-7-19(33)8-4-17)26(37)39-24(35)12-11-21(28)25(36)40-27(38)23(30-16(2)32)14-18-5-9-20(34)10-6-18/h3-10,21-23,33-34H,11-14,28H2,1-2H3,(H,29,31)(H,30,32)/t21-,22-,23-/m0/s1. The van der Waals surface area contributed by atoms with Crippen LogP contribution in [0.4, 0.5) is 0 Å². The molecule has 6 N–H and O–H groups in total. The Morgan fingerprint density at radius 1 is 0.700 bits per heavy atom. The Morgan fingerprint density at radius 2 is 1.10 bits per heavy atom. The maximum atomic E-state index is 12.5. The van der Waals surface area contributed by atoms with Crippen LogP contribution in [0.15, 0.2) is 48.5 Å². The van der Waals surface area contributed by atoms with Crippen molar-refractivity contribution in [3.8, 4) is 11.5 Å². The molecule has 13 heteroatoms. The highest BCUT2D eigenvalue weighted by Gasteiger charge is 2.28. The summed E-state index contributed by atoms with van der Waals surface area (Å²) in [5, 5.41) is 23.6. The fraction of sp³-hybridized carbons (Fsp3) is 0.333. The second kappa shape index (κ2) is 15.0. The summed E-state index contributed by atoms with van der Waals surface area (Å²) < 4.78 is 9.59. The maximum Gasteiger partial charge on any atom is 0.336 e. The Morgan fingerprint density at radius 3 is 1.50 bits per heavy atom. The summed E-state index contributed by atoms with van der Waals surface area (Å²) in [6.45, 7) is 2.37. The van der Waals surface area contributed by atoms with E-state index in [-0.39, 0.29) is 30.8 Å². The number of aromatic hydroxyl groups is 2. The molecule has 2 rings (SSSR count). The number of hydrogen-bond donors (Lipinski definition) is 5. The van der Waals surface area contributed by atoms with Crippen molar-refractivity contribution in [2.24, 2.45) is 5.73 Å². The van der Waals surface area contributed by atoms with Crippen LogP contribution in [0.2, 0.25) is 0 Å². The van der Waals surface area contributed by atoms with E-state index in [0.29, 0.717) is 11.1 Å². The number of phenolic OH excluding ortho intramolecular Hbond substituents is 2. The fourth-order valence-corrected chi connectivity index (χ4v) is 3.48. The van der Waals surface area contributed by atoms with Crippen LogP contribution >= 0.6 is 0 Å². The van der Waals surface area contributed by atoms with Crippen molar-refractivity contribution < 1.29 is 48.5 Å². The third-order valence-corrected chi connectivity index (χ3v) is 5.45. The molecular formula is C27H31N3O10. The van der Waals surface area contributed by atoms with Gasteiger partial charge in [-0.15, -0.1) is 0 Å². The molecule has 0 saturated carbocycles. The second-order valence-corrected chi connectivity index (χ2v) is 8.93. The summed E-state index contributed by atoms with van der Waals surface area (Å²) in [7, 11) is 0. The molecule has 2 aromatic carbocycles. The van der Waals surface area contributed by atoms with Gasteiger partial charge in [0.15, 0.2) is 0 Å². The highest BCUT2D eigenvalue weighted by atomic mass is 16.6. The lowest BCUT2D eigenvalue weighted by atomic mass is 10.1. The maximum absolute atomic E-state index is 12.5. The number of benzene rings is 2. The third-order valence-electron chi connectivity index (χ3n) is 5.45. The number of esters is 4. The SMILES string of the molecule is CC(=O)N[C@@H](Cc1ccc(O)cc1)C(=O)OC(=O)CC[C@H](N)C(=O)OC(=O)[C@H](Cc1ccc(O)cc1)NC(C)=O. The summed E-state index contributed by atoms with van der Waals surface area (Å²) in [5.41, 5.74) is 6.90. The normalized spacial score (nSPS) is 12.8. The van der Waals surface area contributed by atoms with E-state index < -0.39 is 60.2 Å². The van der Waals surface area contributed by atoms with Gasteiger partial charge in [-0.1, -0.05) is 24.3 Å². The molecule has 0 aliphatic rings. The first-order valence-corrected chi connectivity index (χ1v) is 12.2. The highest BCUT2D eigenvalue weighted by molar-refractivity contribution is 5.94. The van der Waals surface area contributed by atoms with Crippen LogP contribution in [0.5, 0.6) is 11.5 Å². The number of nitrogens with two attached hydrogens (primary N) is 1. The van der Waals surface area contributed by atoms with Gasteiger partial charge in [0, 0.05) is 33.1 Å². The molecular weight excluding hydrogens is 526 g/mol. The van der Waals surface area contributed by atoms with Crippen LogP contribution in [0.25, 0.3) is 0 Å². The number of ether oxygens (including phenoxy) is 2. The molecule has 0 unspecified atom stereocenters. The van der Waals surface area contributed by atoms with Gasteiger partial charge in [0.2, 0.25) is 11.8 Å². The Labute approximate surface area is 229 Å². The van der Waals surface area contributed by atoms with Gasteiger partial charge < -0.3 is 36.1 Å². The topological polar surface area (TPSA) is 211 Å². The molecule has 0 aliphatic carbocycles. The van der Waals surface area contributed by atoms with Gasteiger partial charge in [0.1, 0.15) is 29.6 Å². The van der Waals surface area contributed by atoms with Crippen molar-refractivity contribution in [1.29, 1.82) is 0 Å². The van der Waals surface area contributed by atoms with Crippen molar-refractivity contribution in [2.75, 3.05) is 0 Å². The van der Waals surface area contributed by atoms with Gasteiger partial charge in [0.25, 0.3) is 0 Å². The molecule has 2 aromatic rings. The smallest absolute Gasteiger partial charge is 0.336 e. The Balaban J connectivity index is 1.90. The van der Waals surface area contributed by atoms with E-state index >= 15 is 0 Å². The largest absolute Gasteiger partial charge is 0.508 e. The number of rotatable bonds is 12. The number of phenols is 2. The minimum Gasteiger partial charge on any atom is -0.508 e.